The van der Waals surface area contributed by atoms with Crippen molar-refractivity contribution < 1.29 is 33.5 Å². The molecule has 2 atom stereocenters. The number of nitrogens with zero attached hydrogens (tertiary/aromatic N) is 7. The second-order valence-electron chi connectivity index (χ2n) is 19.4. The van der Waals surface area contributed by atoms with Crippen LogP contribution in [0.4, 0.5) is 20.9 Å². The third-order valence-electron chi connectivity index (χ3n) is 15.2. The topological polar surface area (TPSA) is 173 Å². The van der Waals surface area contributed by atoms with Gasteiger partial charge < -0.3 is 29.3 Å². The number of rotatable bonds is 10. The Morgan fingerprint density at radius 1 is 0.926 bits per heavy atom. The highest BCUT2D eigenvalue weighted by Gasteiger charge is 2.47. The largest absolute Gasteiger partial charge is 0.389 e. The number of nitrogens with one attached hydrogen (secondary N) is 2. The minimum absolute atomic E-state index is 0.0233. The zero-order valence-electron chi connectivity index (χ0n) is 37.4. The van der Waals surface area contributed by atoms with Gasteiger partial charge in [-0.3, -0.25) is 34.6 Å². The lowest BCUT2D eigenvalue weighted by Gasteiger charge is -2.55. The highest BCUT2D eigenvalue weighted by atomic mass is 35.5. The van der Waals surface area contributed by atoms with Crippen molar-refractivity contribution in [2.24, 2.45) is 5.41 Å². The van der Waals surface area contributed by atoms with Crippen LogP contribution in [0.1, 0.15) is 96.2 Å². The van der Waals surface area contributed by atoms with Gasteiger partial charge in [0.2, 0.25) is 17.7 Å². The molecule has 4 saturated heterocycles. The van der Waals surface area contributed by atoms with Crippen LogP contribution in [0.5, 0.6) is 0 Å². The van der Waals surface area contributed by atoms with Gasteiger partial charge in [-0.05, 0) is 98.0 Å². The number of piperidine rings is 3. The van der Waals surface area contributed by atoms with E-state index in [0.29, 0.717) is 73.3 Å². The maximum Gasteiger partial charge on any atom is 0.255 e. The number of amides is 5. The molecule has 68 heavy (non-hydrogen) atoms. The van der Waals surface area contributed by atoms with Crippen LogP contribution in [0, 0.1) is 11.2 Å². The number of hydrogen-bond donors (Lipinski definition) is 3. The standard InChI is InChI=1S/C50H51ClFN9O6S/c51-37-23-31(34-8-10-41(62)55-45(34)64)5-9-39(37)57-19-13-50(67,14-20-57)25-42(63)58-17-11-49(12-18-58)27-60(28-49)33-6-3-30(4-7-33)32-22-35-36(38(52)24-32)26-61(47(35)66)44(46(65)56-48-53-15-21-68-48)43-40-2-1-16-59(40)29-54-43/h3-7,9,15,21-24,29,34,44,67H,1-2,8,10-14,16-20,25-28H2,(H,53,56,65)(H,55,62,64). The van der Waals surface area contributed by atoms with Crippen molar-refractivity contribution >= 4 is 69.0 Å². The highest BCUT2D eigenvalue weighted by molar-refractivity contribution is 7.13. The number of imidazole rings is 1. The number of carbonyl (C=O) groups is 5. The van der Waals surface area contributed by atoms with E-state index in [1.165, 1.54) is 22.3 Å². The number of aryl methyl sites for hydroxylation is 1. The third-order valence-corrected chi connectivity index (χ3v) is 16.2. The predicted molar refractivity (Wildman–Crippen MR) is 254 cm³/mol. The van der Waals surface area contributed by atoms with E-state index in [0.717, 1.165) is 73.5 Å². The number of fused-ring (bicyclic) bond motifs is 2. The van der Waals surface area contributed by atoms with Gasteiger partial charge >= 0.3 is 0 Å². The van der Waals surface area contributed by atoms with Crippen molar-refractivity contribution in [3.05, 3.63) is 111 Å². The molecule has 18 heteroatoms. The maximum absolute atomic E-state index is 16.0. The third kappa shape index (κ3) is 8.21. The monoisotopic (exact) mass is 959 g/mol. The molecule has 2 aromatic heterocycles. The molecule has 11 rings (SSSR count). The molecule has 6 aliphatic rings. The Kier molecular flexibility index (Phi) is 11.4. The van der Waals surface area contributed by atoms with E-state index in [1.54, 1.807) is 30.0 Å². The van der Waals surface area contributed by atoms with Gasteiger partial charge in [-0.2, -0.15) is 0 Å². The number of likely N-dealkylation sites (tertiary alicyclic amines) is 1. The number of benzene rings is 3. The van der Waals surface area contributed by atoms with Gasteiger partial charge in [0.15, 0.2) is 11.2 Å². The van der Waals surface area contributed by atoms with E-state index in [9.17, 15) is 29.1 Å². The van der Waals surface area contributed by atoms with Gasteiger partial charge in [0, 0.05) is 91.7 Å². The zero-order valence-corrected chi connectivity index (χ0v) is 39.0. The molecule has 5 aromatic rings. The molecule has 0 aliphatic carbocycles. The minimum atomic E-state index is -1.10. The van der Waals surface area contributed by atoms with Crippen LogP contribution in [-0.2, 0) is 38.7 Å². The van der Waals surface area contributed by atoms with Gasteiger partial charge in [0.05, 0.1) is 47.2 Å². The van der Waals surface area contributed by atoms with Crippen molar-refractivity contribution in [3.63, 3.8) is 0 Å². The summed E-state index contributed by atoms with van der Waals surface area (Å²) in [6.45, 7) is 4.81. The first kappa shape index (κ1) is 44.3. The minimum Gasteiger partial charge on any atom is -0.389 e. The number of halogens is 2. The SMILES string of the molecule is O=C1CCC(c2ccc(N3CCC(O)(CC(=O)N4CCC5(CC4)CN(c4ccc(-c6cc(F)c7c(c6)C(=O)N(C(C(=O)Nc6nccs6)c6ncn8c6CCC8)C7)cc4)C5)CC3)c(Cl)c2)C(=O)N1. The molecule has 15 nitrogen and oxygen atoms in total. The Hall–Kier alpha value is -6.17. The van der Waals surface area contributed by atoms with E-state index >= 15 is 4.39 Å². The van der Waals surface area contributed by atoms with Crippen molar-refractivity contribution in [2.45, 2.75) is 88.4 Å². The van der Waals surface area contributed by atoms with Gasteiger partial charge in [-0.1, -0.05) is 29.8 Å². The fourth-order valence-electron chi connectivity index (χ4n) is 11.3. The molecular formula is C50H51ClFN9O6S. The van der Waals surface area contributed by atoms with Crippen molar-refractivity contribution in [1.82, 2.24) is 29.7 Å². The van der Waals surface area contributed by atoms with Crippen LogP contribution in [0.25, 0.3) is 11.1 Å². The molecule has 4 fully saturated rings. The van der Waals surface area contributed by atoms with Gasteiger partial charge in [-0.25, -0.2) is 14.4 Å². The Bertz CT molecular complexity index is 2830. The first-order valence-corrected chi connectivity index (χ1v) is 24.7. The molecule has 8 heterocycles. The molecule has 2 unspecified atom stereocenters. The number of thiazole rings is 1. The van der Waals surface area contributed by atoms with Crippen LogP contribution in [0.3, 0.4) is 0 Å². The van der Waals surface area contributed by atoms with Crippen LogP contribution in [0.2, 0.25) is 5.02 Å². The zero-order chi connectivity index (χ0) is 46.9. The molecule has 3 N–H and O–H groups in total. The molecule has 0 saturated carbocycles. The average molecular weight is 961 g/mol. The van der Waals surface area contributed by atoms with Crippen molar-refractivity contribution in [1.29, 1.82) is 0 Å². The number of hydrogen-bond acceptors (Lipinski definition) is 11. The number of imide groups is 1. The van der Waals surface area contributed by atoms with Gasteiger partial charge in [0.1, 0.15) is 5.82 Å². The maximum atomic E-state index is 16.0. The summed E-state index contributed by atoms with van der Waals surface area (Å²) in [7, 11) is 0. The molecule has 6 aliphatic heterocycles. The van der Waals surface area contributed by atoms with E-state index in [1.807, 2.05) is 45.9 Å². The molecule has 1 spiro atoms. The lowest BCUT2D eigenvalue weighted by molar-refractivity contribution is -0.140. The van der Waals surface area contributed by atoms with Crippen LogP contribution >= 0.6 is 22.9 Å². The van der Waals surface area contributed by atoms with E-state index in [2.05, 4.69) is 30.4 Å². The van der Waals surface area contributed by atoms with E-state index in [4.69, 9.17) is 11.6 Å². The molecule has 5 amide bonds. The Morgan fingerprint density at radius 3 is 2.43 bits per heavy atom. The number of carbonyl (C=O) groups excluding carboxylic acids is 5. The lowest BCUT2D eigenvalue weighted by Crippen LogP contribution is -2.61. The summed E-state index contributed by atoms with van der Waals surface area (Å²) in [5, 5.41) is 19.5. The molecular weight excluding hydrogens is 909 g/mol. The van der Waals surface area contributed by atoms with Crippen molar-refractivity contribution in [3.8, 4) is 11.1 Å². The van der Waals surface area contributed by atoms with Crippen molar-refractivity contribution in [2.75, 3.05) is 54.4 Å². The fraction of sp³-hybridized carbons (Fsp3) is 0.420. The normalized spacial score (nSPS) is 21.1. The van der Waals surface area contributed by atoms with Crippen LogP contribution in [-0.4, -0.2) is 104 Å². The number of aromatic nitrogens is 3. The van der Waals surface area contributed by atoms with Crippen LogP contribution in [0.15, 0.2) is 72.5 Å². The summed E-state index contributed by atoms with van der Waals surface area (Å²) in [5.41, 5.74) is 4.88. The summed E-state index contributed by atoms with van der Waals surface area (Å²) >= 11 is 7.98. The first-order valence-electron chi connectivity index (χ1n) is 23.4. The van der Waals surface area contributed by atoms with E-state index < -0.39 is 35.2 Å². The average Bonchev–Trinajstić information content (AvgIpc) is 4.14. The summed E-state index contributed by atoms with van der Waals surface area (Å²) in [4.78, 5) is 82.2. The first-order chi connectivity index (χ1) is 32.8. The lowest BCUT2D eigenvalue weighted by atomic mass is 9.71. The van der Waals surface area contributed by atoms with Gasteiger partial charge in [-0.15, -0.1) is 11.3 Å². The van der Waals surface area contributed by atoms with E-state index in [-0.39, 0.29) is 47.2 Å². The number of aliphatic hydroxyl groups is 1. The smallest absolute Gasteiger partial charge is 0.255 e. The molecule has 0 radical (unpaired) electrons. The quantitative estimate of drug-likeness (QED) is 0.132. The summed E-state index contributed by atoms with van der Waals surface area (Å²) in [6, 6.07) is 15.6. The summed E-state index contributed by atoms with van der Waals surface area (Å²) < 4.78 is 18.0. The Labute approximate surface area is 401 Å². The molecule has 0 bridgehead atoms. The predicted octanol–water partition coefficient (Wildman–Crippen LogP) is 6.45. The van der Waals surface area contributed by atoms with Gasteiger partial charge in [0.25, 0.3) is 11.8 Å². The Morgan fingerprint density at radius 2 is 1.71 bits per heavy atom. The summed E-state index contributed by atoms with van der Waals surface area (Å²) in [5.74, 6) is -2.38. The second-order valence-corrected chi connectivity index (χ2v) is 20.7. The molecule has 3 aromatic carbocycles. The number of anilines is 3. The fourth-order valence-corrected chi connectivity index (χ4v) is 12.1. The second kappa shape index (κ2) is 17.4. The Balaban J connectivity index is 0.678. The van der Waals surface area contributed by atoms with Crippen LogP contribution < -0.4 is 20.4 Å². The molecule has 352 valence electrons. The highest BCUT2D eigenvalue weighted by Crippen LogP contribution is 2.44. The summed E-state index contributed by atoms with van der Waals surface area (Å²) in [6.07, 6.45) is 8.38.